The maximum Gasteiger partial charge on any atom is 0.225 e. The highest BCUT2D eigenvalue weighted by Crippen LogP contribution is 2.14. The molecule has 1 aliphatic heterocycles. The average molecular weight is 243 g/mol. The van der Waals surface area contributed by atoms with Gasteiger partial charge in [0.15, 0.2) is 0 Å². The molecule has 0 saturated carbocycles. The van der Waals surface area contributed by atoms with E-state index in [-0.39, 0.29) is 12.0 Å². The first-order valence-electron chi connectivity index (χ1n) is 6.22. The molecule has 0 radical (unpaired) electrons. The Balaban J connectivity index is 2.52. The number of carbonyl (C=O) groups is 1. The molecule has 0 aromatic rings. The highest BCUT2D eigenvalue weighted by atomic mass is 16.5. The summed E-state index contributed by atoms with van der Waals surface area (Å²) in [6.45, 7) is 6.27. The van der Waals surface area contributed by atoms with Crippen LogP contribution in [0.25, 0.3) is 0 Å². The Morgan fingerprint density at radius 1 is 1.41 bits per heavy atom. The number of methoxy groups -OCH3 is 1. The zero-order valence-electron chi connectivity index (χ0n) is 11.3. The normalized spacial score (nSPS) is 28.2. The van der Waals surface area contributed by atoms with E-state index < -0.39 is 0 Å². The van der Waals surface area contributed by atoms with Gasteiger partial charge in [-0.05, 0) is 20.9 Å². The fourth-order valence-electron chi connectivity index (χ4n) is 2.19. The van der Waals surface area contributed by atoms with Gasteiger partial charge in [0.2, 0.25) is 5.91 Å². The molecule has 1 fully saturated rings. The second-order valence-corrected chi connectivity index (χ2v) is 4.96. The SMILES string of the molecule is COC(CN)CC(=O)N1CC(C)N(C)C(C)C1. The molecule has 1 heterocycles. The highest BCUT2D eigenvalue weighted by Gasteiger charge is 2.29. The summed E-state index contributed by atoms with van der Waals surface area (Å²) in [5.74, 6) is 0.147. The molecular formula is C12H25N3O2. The minimum absolute atomic E-state index is 0.147. The lowest BCUT2D eigenvalue weighted by atomic mass is 10.1. The first-order chi connectivity index (χ1) is 7.99. The van der Waals surface area contributed by atoms with E-state index in [1.165, 1.54) is 0 Å². The molecule has 100 valence electrons. The first-order valence-corrected chi connectivity index (χ1v) is 6.22. The Kier molecular flexibility index (Phi) is 5.36. The van der Waals surface area contributed by atoms with Crippen LogP contribution in [0, 0.1) is 0 Å². The summed E-state index contributed by atoms with van der Waals surface area (Å²) in [7, 11) is 3.70. The Hall–Kier alpha value is -0.650. The maximum atomic E-state index is 12.1. The summed E-state index contributed by atoms with van der Waals surface area (Å²) in [5.41, 5.74) is 5.53. The number of hydrogen-bond donors (Lipinski definition) is 1. The van der Waals surface area contributed by atoms with E-state index in [9.17, 15) is 4.79 Å². The van der Waals surface area contributed by atoms with E-state index >= 15 is 0 Å². The minimum Gasteiger partial charge on any atom is -0.380 e. The lowest BCUT2D eigenvalue weighted by Crippen LogP contribution is -2.56. The third-order valence-electron chi connectivity index (χ3n) is 3.71. The monoisotopic (exact) mass is 243 g/mol. The molecule has 0 aromatic heterocycles. The number of carbonyl (C=O) groups excluding carboxylic acids is 1. The molecule has 0 aromatic carbocycles. The van der Waals surface area contributed by atoms with Gasteiger partial charge in [0.25, 0.3) is 0 Å². The van der Waals surface area contributed by atoms with Crippen LogP contribution in [0.4, 0.5) is 0 Å². The van der Waals surface area contributed by atoms with Gasteiger partial charge in [0.1, 0.15) is 0 Å². The number of piperazine rings is 1. The Morgan fingerprint density at radius 2 is 1.94 bits per heavy atom. The van der Waals surface area contributed by atoms with Crippen molar-refractivity contribution in [3.05, 3.63) is 0 Å². The van der Waals surface area contributed by atoms with Crippen molar-refractivity contribution in [1.29, 1.82) is 0 Å². The number of hydrogen-bond acceptors (Lipinski definition) is 4. The van der Waals surface area contributed by atoms with Gasteiger partial charge in [0, 0.05) is 38.8 Å². The molecule has 0 spiro atoms. The summed E-state index contributed by atoms with van der Waals surface area (Å²) >= 11 is 0. The van der Waals surface area contributed by atoms with Gasteiger partial charge in [-0.25, -0.2) is 0 Å². The highest BCUT2D eigenvalue weighted by molar-refractivity contribution is 5.77. The Labute approximate surface area is 104 Å². The molecule has 3 atom stereocenters. The summed E-state index contributed by atoms with van der Waals surface area (Å²) in [6, 6.07) is 0.808. The molecule has 0 aliphatic carbocycles. The van der Waals surface area contributed by atoms with E-state index in [0.29, 0.717) is 25.0 Å². The maximum absolute atomic E-state index is 12.1. The molecule has 3 unspecified atom stereocenters. The number of rotatable bonds is 4. The van der Waals surface area contributed by atoms with Crippen molar-refractivity contribution < 1.29 is 9.53 Å². The van der Waals surface area contributed by atoms with Crippen LogP contribution in [0.15, 0.2) is 0 Å². The summed E-state index contributed by atoms with van der Waals surface area (Å²) in [5, 5.41) is 0. The van der Waals surface area contributed by atoms with Crippen molar-refractivity contribution in [1.82, 2.24) is 9.80 Å². The number of likely N-dealkylation sites (N-methyl/N-ethyl adjacent to an activating group) is 1. The predicted octanol–water partition coefficient (Wildman–Crippen LogP) is -0.0988. The predicted molar refractivity (Wildman–Crippen MR) is 67.7 cm³/mol. The standard InChI is InChI=1S/C12H25N3O2/c1-9-7-15(8-10(2)14(9)3)12(16)5-11(6-13)17-4/h9-11H,5-8,13H2,1-4H3. The van der Waals surface area contributed by atoms with Gasteiger partial charge < -0.3 is 15.4 Å². The molecule has 1 rings (SSSR count). The van der Waals surface area contributed by atoms with Crippen LogP contribution in [0.5, 0.6) is 0 Å². The quantitative estimate of drug-likeness (QED) is 0.749. The molecule has 1 amide bonds. The Morgan fingerprint density at radius 3 is 2.35 bits per heavy atom. The molecule has 2 N–H and O–H groups in total. The van der Waals surface area contributed by atoms with Crippen LogP contribution in [-0.4, -0.2) is 67.7 Å². The van der Waals surface area contributed by atoms with Crippen LogP contribution in [0.2, 0.25) is 0 Å². The van der Waals surface area contributed by atoms with Crippen molar-refractivity contribution >= 4 is 5.91 Å². The van der Waals surface area contributed by atoms with Gasteiger partial charge in [-0.1, -0.05) is 0 Å². The van der Waals surface area contributed by atoms with Crippen LogP contribution in [0.1, 0.15) is 20.3 Å². The molecule has 5 heteroatoms. The van der Waals surface area contributed by atoms with Crippen LogP contribution < -0.4 is 5.73 Å². The molecule has 1 aliphatic rings. The van der Waals surface area contributed by atoms with E-state index in [4.69, 9.17) is 10.5 Å². The van der Waals surface area contributed by atoms with Gasteiger partial charge in [-0.15, -0.1) is 0 Å². The first kappa shape index (κ1) is 14.4. The van der Waals surface area contributed by atoms with Crippen molar-refractivity contribution in [3.63, 3.8) is 0 Å². The topological polar surface area (TPSA) is 58.8 Å². The lowest BCUT2D eigenvalue weighted by Gasteiger charge is -2.42. The van der Waals surface area contributed by atoms with E-state index in [1.54, 1.807) is 7.11 Å². The molecular weight excluding hydrogens is 218 g/mol. The third kappa shape index (κ3) is 3.66. The van der Waals surface area contributed by atoms with Crippen LogP contribution in [0.3, 0.4) is 0 Å². The van der Waals surface area contributed by atoms with Gasteiger partial charge in [-0.3, -0.25) is 9.69 Å². The summed E-state index contributed by atoms with van der Waals surface area (Å²) < 4.78 is 5.15. The third-order valence-corrected chi connectivity index (χ3v) is 3.71. The smallest absolute Gasteiger partial charge is 0.225 e. The van der Waals surface area contributed by atoms with Crippen LogP contribution >= 0.6 is 0 Å². The second-order valence-electron chi connectivity index (χ2n) is 4.96. The Bertz CT molecular complexity index is 244. The van der Waals surface area contributed by atoms with Gasteiger partial charge >= 0.3 is 0 Å². The zero-order chi connectivity index (χ0) is 13.0. The fraction of sp³-hybridized carbons (Fsp3) is 0.917. The molecule has 5 nitrogen and oxygen atoms in total. The average Bonchev–Trinajstić information content (AvgIpc) is 2.31. The van der Waals surface area contributed by atoms with E-state index in [1.807, 2.05) is 4.90 Å². The lowest BCUT2D eigenvalue weighted by molar-refractivity contribution is -0.137. The molecule has 1 saturated heterocycles. The van der Waals surface area contributed by atoms with Crippen molar-refractivity contribution in [2.75, 3.05) is 33.8 Å². The largest absolute Gasteiger partial charge is 0.380 e. The molecule has 17 heavy (non-hydrogen) atoms. The fourth-order valence-corrected chi connectivity index (χ4v) is 2.19. The van der Waals surface area contributed by atoms with Crippen molar-refractivity contribution in [2.24, 2.45) is 5.73 Å². The molecule has 0 bridgehead atoms. The van der Waals surface area contributed by atoms with Gasteiger partial charge in [0.05, 0.1) is 12.5 Å². The number of ether oxygens (including phenoxy) is 1. The minimum atomic E-state index is -0.159. The van der Waals surface area contributed by atoms with Crippen molar-refractivity contribution in [2.45, 2.75) is 38.5 Å². The summed E-state index contributed by atoms with van der Waals surface area (Å²) in [6.07, 6.45) is 0.226. The van der Waals surface area contributed by atoms with Crippen LogP contribution in [-0.2, 0) is 9.53 Å². The zero-order valence-corrected chi connectivity index (χ0v) is 11.3. The second kappa shape index (κ2) is 6.33. The number of amides is 1. The number of nitrogens with zero attached hydrogens (tertiary/aromatic N) is 2. The van der Waals surface area contributed by atoms with E-state index in [0.717, 1.165) is 13.1 Å². The summed E-state index contributed by atoms with van der Waals surface area (Å²) in [4.78, 5) is 16.3. The van der Waals surface area contributed by atoms with Gasteiger partial charge in [-0.2, -0.15) is 0 Å². The van der Waals surface area contributed by atoms with Crippen molar-refractivity contribution in [3.8, 4) is 0 Å². The van der Waals surface area contributed by atoms with E-state index in [2.05, 4.69) is 25.8 Å². The number of nitrogens with two attached hydrogens (primary N) is 1.